The number of hydrogen-bond acceptors (Lipinski definition) is 4. The SMILES string of the molecule is Cc1cc(C)cc(OCCc2nc(Cl)cc(C(=O)O)n2)c1. The first-order valence-electron chi connectivity index (χ1n) is 6.42. The number of carbonyl (C=O) groups is 1. The topological polar surface area (TPSA) is 72.3 Å². The largest absolute Gasteiger partial charge is 0.493 e. The summed E-state index contributed by atoms with van der Waals surface area (Å²) >= 11 is 5.78. The lowest BCUT2D eigenvalue weighted by Crippen LogP contribution is -2.09. The van der Waals surface area contributed by atoms with Gasteiger partial charge < -0.3 is 9.84 Å². The second-order valence-electron chi connectivity index (χ2n) is 4.72. The Hall–Kier alpha value is -2.14. The Labute approximate surface area is 127 Å². The molecular formula is C15H15ClN2O3. The highest BCUT2D eigenvalue weighted by atomic mass is 35.5. The highest BCUT2D eigenvalue weighted by molar-refractivity contribution is 6.29. The van der Waals surface area contributed by atoms with E-state index in [-0.39, 0.29) is 10.8 Å². The van der Waals surface area contributed by atoms with Crippen molar-refractivity contribution in [3.8, 4) is 5.75 Å². The molecule has 21 heavy (non-hydrogen) atoms. The van der Waals surface area contributed by atoms with Crippen LogP contribution in [-0.2, 0) is 6.42 Å². The molecule has 0 unspecified atom stereocenters. The van der Waals surface area contributed by atoms with Gasteiger partial charge in [-0.1, -0.05) is 17.7 Å². The molecule has 1 heterocycles. The quantitative estimate of drug-likeness (QED) is 0.859. The second-order valence-corrected chi connectivity index (χ2v) is 5.11. The molecule has 0 spiro atoms. The lowest BCUT2D eigenvalue weighted by molar-refractivity contribution is 0.0689. The molecule has 110 valence electrons. The number of nitrogens with zero attached hydrogens (tertiary/aromatic N) is 2. The van der Waals surface area contributed by atoms with Crippen molar-refractivity contribution in [2.75, 3.05) is 6.61 Å². The van der Waals surface area contributed by atoms with Crippen LogP contribution < -0.4 is 4.74 Å². The van der Waals surface area contributed by atoms with Gasteiger partial charge in [0.05, 0.1) is 6.61 Å². The van der Waals surface area contributed by atoms with Crippen molar-refractivity contribution in [2.45, 2.75) is 20.3 Å². The first-order valence-corrected chi connectivity index (χ1v) is 6.79. The number of aromatic nitrogens is 2. The smallest absolute Gasteiger partial charge is 0.354 e. The fraction of sp³-hybridized carbons (Fsp3) is 0.267. The maximum Gasteiger partial charge on any atom is 0.354 e. The summed E-state index contributed by atoms with van der Waals surface area (Å²) in [5, 5.41) is 9.03. The summed E-state index contributed by atoms with van der Waals surface area (Å²) < 4.78 is 5.64. The molecule has 0 bridgehead atoms. The molecule has 0 aliphatic heterocycles. The molecule has 1 N–H and O–H groups in total. The van der Waals surface area contributed by atoms with Crippen LogP contribution in [0.1, 0.15) is 27.4 Å². The van der Waals surface area contributed by atoms with Crippen molar-refractivity contribution in [1.29, 1.82) is 0 Å². The molecule has 2 aromatic rings. The first kappa shape index (κ1) is 15.3. The molecule has 0 saturated carbocycles. The Morgan fingerprint density at radius 1 is 1.19 bits per heavy atom. The van der Waals surface area contributed by atoms with Gasteiger partial charge in [0.25, 0.3) is 0 Å². The molecule has 5 nitrogen and oxygen atoms in total. The minimum atomic E-state index is -1.13. The first-order chi connectivity index (χ1) is 9.94. The molecule has 0 radical (unpaired) electrons. The lowest BCUT2D eigenvalue weighted by atomic mass is 10.1. The summed E-state index contributed by atoms with van der Waals surface area (Å²) in [4.78, 5) is 18.8. The normalized spacial score (nSPS) is 10.4. The molecule has 0 aliphatic rings. The number of aromatic carboxylic acids is 1. The van der Waals surface area contributed by atoms with Crippen molar-refractivity contribution in [3.63, 3.8) is 0 Å². The number of rotatable bonds is 5. The fourth-order valence-electron chi connectivity index (χ4n) is 1.96. The van der Waals surface area contributed by atoms with E-state index in [0.717, 1.165) is 16.9 Å². The Bertz CT molecular complexity index is 654. The van der Waals surface area contributed by atoms with Crippen LogP contribution in [0.3, 0.4) is 0 Å². The van der Waals surface area contributed by atoms with Gasteiger partial charge in [0.2, 0.25) is 0 Å². The maximum atomic E-state index is 10.9. The molecule has 0 amide bonds. The van der Waals surface area contributed by atoms with E-state index in [1.54, 1.807) is 0 Å². The molecule has 0 aliphatic carbocycles. The van der Waals surface area contributed by atoms with E-state index in [4.69, 9.17) is 21.4 Å². The van der Waals surface area contributed by atoms with E-state index in [0.29, 0.717) is 18.9 Å². The van der Waals surface area contributed by atoms with Crippen molar-refractivity contribution in [3.05, 3.63) is 52.1 Å². The van der Waals surface area contributed by atoms with Gasteiger partial charge in [0.15, 0.2) is 5.69 Å². The van der Waals surface area contributed by atoms with Gasteiger partial charge in [-0.2, -0.15) is 0 Å². The van der Waals surface area contributed by atoms with E-state index in [1.807, 2.05) is 26.0 Å². The minimum absolute atomic E-state index is 0.114. The lowest BCUT2D eigenvalue weighted by Gasteiger charge is -2.08. The summed E-state index contributed by atoms with van der Waals surface area (Å²) in [5.74, 6) is -0.00645. The Balaban J connectivity index is 2.01. The molecule has 0 fully saturated rings. The summed E-state index contributed by atoms with van der Waals surface area (Å²) in [6.07, 6.45) is 0.383. The van der Waals surface area contributed by atoms with Gasteiger partial charge in [-0.3, -0.25) is 0 Å². The third-order valence-corrected chi connectivity index (χ3v) is 2.94. The predicted octanol–water partition coefficient (Wildman–Crippen LogP) is 3.07. The standard InChI is InChI=1S/C15H15ClN2O3/c1-9-5-10(2)7-11(6-9)21-4-3-14-17-12(15(19)20)8-13(16)18-14/h5-8H,3-4H2,1-2H3,(H,19,20). The Kier molecular flexibility index (Phi) is 4.75. The monoisotopic (exact) mass is 306 g/mol. The zero-order valence-corrected chi connectivity index (χ0v) is 12.5. The van der Waals surface area contributed by atoms with Crippen LogP contribution in [0.15, 0.2) is 24.3 Å². The van der Waals surface area contributed by atoms with Crippen LogP contribution in [-0.4, -0.2) is 27.7 Å². The zero-order valence-electron chi connectivity index (χ0n) is 11.8. The second kappa shape index (κ2) is 6.54. The summed E-state index contributed by atoms with van der Waals surface area (Å²) in [6.45, 7) is 4.35. The predicted molar refractivity (Wildman–Crippen MR) is 79.1 cm³/mol. The third-order valence-electron chi connectivity index (χ3n) is 2.75. The van der Waals surface area contributed by atoms with Gasteiger partial charge in [-0.05, 0) is 37.1 Å². The van der Waals surface area contributed by atoms with Gasteiger partial charge in [0, 0.05) is 12.5 Å². The van der Waals surface area contributed by atoms with E-state index in [2.05, 4.69) is 16.0 Å². The number of hydrogen-bond donors (Lipinski definition) is 1. The number of carboxylic acid groups (broad SMARTS) is 1. The van der Waals surface area contributed by atoms with Crippen LogP contribution in [0.5, 0.6) is 5.75 Å². The van der Waals surface area contributed by atoms with Gasteiger partial charge >= 0.3 is 5.97 Å². The van der Waals surface area contributed by atoms with Crippen molar-refractivity contribution in [1.82, 2.24) is 9.97 Å². The van der Waals surface area contributed by atoms with Crippen molar-refractivity contribution >= 4 is 17.6 Å². The summed E-state index contributed by atoms with van der Waals surface area (Å²) in [5.41, 5.74) is 2.13. The van der Waals surface area contributed by atoms with Gasteiger partial charge in [-0.25, -0.2) is 14.8 Å². The van der Waals surface area contributed by atoms with Crippen LogP contribution in [0.25, 0.3) is 0 Å². The molecule has 1 aromatic carbocycles. The van der Waals surface area contributed by atoms with E-state index in [9.17, 15) is 4.79 Å². The van der Waals surface area contributed by atoms with E-state index < -0.39 is 5.97 Å². The molecular weight excluding hydrogens is 292 g/mol. The molecule has 6 heteroatoms. The molecule has 1 aromatic heterocycles. The van der Waals surface area contributed by atoms with Crippen LogP contribution >= 0.6 is 11.6 Å². The number of aryl methyl sites for hydroxylation is 2. The Morgan fingerprint density at radius 3 is 2.48 bits per heavy atom. The maximum absolute atomic E-state index is 10.9. The average molecular weight is 307 g/mol. The van der Waals surface area contributed by atoms with Crippen molar-refractivity contribution < 1.29 is 14.6 Å². The molecule has 0 atom stereocenters. The van der Waals surface area contributed by atoms with Crippen molar-refractivity contribution in [2.24, 2.45) is 0 Å². The number of halogens is 1. The van der Waals surface area contributed by atoms with Crippen LogP contribution in [0.2, 0.25) is 5.15 Å². The van der Waals surface area contributed by atoms with Crippen LogP contribution in [0, 0.1) is 13.8 Å². The highest BCUT2D eigenvalue weighted by Gasteiger charge is 2.09. The summed E-state index contributed by atoms with van der Waals surface area (Å²) in [7, 11) is 0. The number of carboxylic acids is 1. The average Bonchev–Trinajstić information content (AvgIpc) is 2.36. The van der Waals surface area contributed by atoms with Gasteiger partial charge in [0.1, 0.15) is 16.7 Å². The Morgan fingerprint density at radius 2 is 1.86 bits per heavy atom. The van der Waals surface area contributed by atoms with E-state index in [1.165, 1.54) is 6.07 Å². The molecule has 0 saturated heterocycles. The molecule has 2 rings (SSSR count). The summed E-state index contributed by atoms with van der Waals surface area (Å²) in [6, 6.07) is 7.16. The minimum Gasteiger partial charge on any atom is -0.493 e. The third kappa shape index (κ3) is 4.43. The van der Waals surface area contributed by atoms with E-state index >= 15 is 0 Å². The number of ether oxygens (including phenoxy) is 1. The van der Waals surface area contributed by atoms with Crippen LogP contribution in [0.4, 0.5) is 0 Å². The fourth-order valence-corrected chi connectivity index (χ4v) is 2.16. The van der Waals surface area contributed by atoms with Gasteiger partial charge in [-0.15, -0.1) is 0 Å². The number of benzene rings is 1. The highest BCUT2D eigenvalue weighted by Crippen LogP contribution is 2.16. The zero-order chi connectivity index (χ0) is 15.4.